The molecule has 5 rings (SSSR count). The monoisotopic (exact) mass is 496 g/mol. The molecular formula is C29H36O5S. The highest BCUT2D eigenvalue weighted by atomic mass is 32.1. The number of ketones is 1. The van der Waals surface area contributed by atoms with Crippen LogP contribution in [0.25, 0.3) is 10.4 Å². The third-order valence-corrected chi connectivity index (χ3v) is 9.51. The fourth-order valence-electron chi connectivity index (χ4n) is 6.27. The van der Waals surface area contributed by atoms with Gasteiger partial charge in [0.1, 0.15) is 10.7 Å². The average molecular weight is 497 g/mol. The Morgan fingerprint density at radius 1 is 1.00 bits per heavy atom. The zero-order chi connectivity index (χ0) is 24.4. The molecule has 1 spiro atoms. The van der Waals surface area contributed by atoms with E-state index in [1.807, 2.05) is 18.2 Å². The molecule has 1 aromatic heterocycles. The molecule has 2 heterocycles. The predicted molar refractivity (Wildman–Crippen MR) is 137 cm³/mol. The number of benzene rings is 1. The van der Waals surface area contributed by atoms with Crippen molar-refractivity contribution in [2.45, 2.75) is 70.0 Å². The largest absolute Gasteiger partial charge is 0.465 e. The zero-order valence-corrected chi connectivity index (χ0v) is 21.6. The van der Waals surface area contributed by atoms with Crippen LogP contribution in [0.1, 0.15) is 79.4 Å². The lowest BCUT2D eigenvalue weighted by Crippen LogP contribution is -2.39. The lowest BCUT2D eigenvalue weighted by atomic mass is 9.68. The first kappa shape index (κ1) is 24.7. The minimum absolute atomic E-state index is 0.0663. The highest BCUT2D eigenvalue weighted by Crippen LogP contribution is 2.48. The van der Waals surface area contributed by atoms with E-state index in [9.17, 15) is 9.59 Å². The Morgan fingerprint density at radius 3 is 2.29 bits per heavy atom. The lowest BCUT2D eigenvalue weighted by Gasteiger charge is -2.39. The van der Waals surface area contributed by atoms with Crippen molar-refractivity contribution in [3.8, 4) is 10.4 Å². The Kier molecular flexibility index (Phi) is 7.42. The standard InChI is InChI=1S/C29H36O5S/c1-19-8-10-22(11-9-19)26(30)25(21-12-14-29(15-13-21)33-16-17-34-29)23-18-24(20-6-4-3-5-7-20)35-27(23)28(31)32-2/h3-7,18-19,21-22,25H,8-17H2,1-2H3. The molecule has 1 aromatic carbocycles. The number of thiophene rings is 1. The molecule has 1 atom stereocenters. The van der Waals surface area contributed by atoms with Gasteiger partial charge in [0.05, 0.1) is 20.3 Å². The van der Waals surface area contributed by atoms with Crippen LogP contribution in [0.15, 0.2) is 36.4 Å². The first-order valence-electron chi connectivity index (χ1n) is 13.1. The molecule has 3 aliphatic rings. The van der Waals surface area contributed by atoms with Crippen molar-refractivity contribution >= 4 is 23.1 Å². The summed E-state index contributed by atoms with van der Waals surface area (Å²) in [7, 11) is 1.42. The number of carbonyl (C=O) groups is 2. The summed E-state index contributed by atoms with van der Waals surface area (Å²) in [4.78, 5) is 28.7. The van der Waals surface area contributed by atoms with Gasteiger partial charge in [-0.25, -0.2) is 4.79 Å². The van der Waals surface area contributed by atoms with Crippen molar-refractivity contribution in [2.75, 3.05) is 20.3 Å². The van der Waals surface area contributed by atoms with Crippen LogP contribution >= 0.6 is 11.3 Å². The lowest BCUT2D eigenvalue weighted by molar-refractivity contribution is -0.184. The normalized spacial score (nSPS) is 25.4. The van der Waals surface area contributed by atoms with E-state index >= 15 is 0 Å². The molecule has 0 amide bonds. The molecular weight excluding hydrogens is 460 g/mol. The summed E-state index contributed by atoms with van der Waals surface area (Å²) < 4.78 is 17.1. The van der Waals surface area contributed by atoms with E-state index in [-0.39, 0.29) is 23.7 Å². The summed E-state index contributed by atoms with van der Waals surface area (Å²) in [5.74, 6) is 0.110. The molecule has 0 N–H and O–H groups in total. The summed E-state index contributed by atoms with van der Waals surface area (Å²) >= 11 is 1.44. The molecule has 0 bridgehead atoms. The first-order valence-corrected chi connectivity index (χ1v) is 13.9. The van der Waals surface area contributed by atoms with Crippen molar-refractivity contribution in [1.29, 1.82) is 0 Å². The number of hydrogen-bond acceptors (Lipinski definition) is 6. The van der Waals surface area contributed by atoms with Crippen molar-refractivity contribution in [3.63, 3.8) is 0 Å². The molecule has 188 valence electrons. The number of esters is 1. The molecule has 1 saturated heterocycles. The molecule has 1 unspecified atom stereocenters. The molecule has 2 aliphatic carbocycles. The average Bonchev–Trinajstić information content (AvgIpc) is 3.54. The van der Waals surface area contributed by atoms with Gasteiger partial charge in [0, 0.05) is 29.6 Å². The number of carbonyl (C=O) groups excluding carboxylic acids is 2. The van der Waals surface area contributed by atoms with Gasteiger partial charge in [0.15, 0.2) is 5.79 Å². The highest BCUT2D eigenvalue weighted by Gasteiger charge is 2.45. The van der Waals surface area contributed by atoms with Gasteiger partial charge < -0.3 is 14.2 Å². The molecule has 5 nitrogen and oxygen atoms in total. The van der Waals surface area contributed by atoms with Gasteiger partial charge in [-0.2, -0.15) is 0 Å². The number of hydrogen-bond donors (Lipinski definition) is 0. The molecule has 2 aromatic rings. The molecule has 6 heteroatoms. The van der Waals surface area contributed by atoms with E-state index in [2.05, 4.69) is 25.1 Å². The van der Waals surface area contributed by atoms with Gasteiger partial charge in [0.25, 0.3) is 0 Å². The Hall–Kier alpha value is -2.02. The Balaban J connectivity index is 1.51. The van der Waals surface area contributed by atoms with E-state index in [0.717, 1.165) is 67.4 Å². The second-order valence-corrected chi connectivity index (χ2v) is 11.6. The summed E-state index contributed by atoms with van der Waals surface area (Å²) in [6, 6.07) is 12.2. The van der Waals surface area contributed by atoms with Gasteiger partial charge in [0.2, 0.25) is 0 Å². The van der Waals surface area contributed by atoms with Gasteiger partial charge in [-0.1, -0.05) is 50.1 Å². The summed E-state index contributed by atoms with van der Waals surface area (Å²) in [6.07, 6.45) is 7.40. The van der Waals surface area contributed by atoms with E-state index < -0.39 is 5.79 Å². The van der Waals surface area contributed by atoms with E-state index in [1.54, 1.807) is 0 Å². The molecule has 3 fully saturated rings. The van der Waals surface area contributed by atoms with Crippen molar-refractivity contribution in [3.05, 3.63) is 46.8 Å². The maximum Gasteiger partial charge on any atom is 0.348 e. The van der Waals surface area contributed by atoms with Crippen LogP contribution in [-0.2, 0) is 19.0 Å². The minimum Gasteiger partial charge on any atom is -0.465 e. The Labute approximate surface area is 212 Å². The van der Waals surface area contributed by atoms with E-state index in [1.165, 1.54) is 18.4 Å². The van der Waals surface area contributed by atoms with Crippen LogP contribution in [0.3, 0.4) is 0 Å². The minimum atomic E-state index is -0.473. The molecule has 0 radical (unpaired) electrons. The first-order chi connectivity index (χ1) is 17.0. The van der Waals surface area contributed by atoms with E-state index in [4.69, 9.17) is 14.2 Å². The zero-order valence-electron chi connectivity index (χ0n) is 20.8. The third kappa shape index (κ3) is 5.11. The number of ether oxygens (including phenoxy) is 3. The van der Waals surface area contributed by atoms with Crippen LogP contribution in [0.2, 0.25) is 0 Å². The number of rotatable bonds is 6. The smallest absolute Gasteiger partial charge is 0.348 e. The van der Waals surface area contributed by atoms with Gasteiger partial charge >= 0.3 is 5.97 Å². The second kappa shape index (κ2) is 10.5. The number of methoxy groups -OCH3 is 1. The van der Waals surface area contributed by atoms with Gasteiger partial charge in [-0.15, -0.1) is 11.3 Å². The fourth-order valence-corrected chi connectivity index (χ4v) is 7.40. The second-order valence-electron chi connectivity index (χ2n) is 10.5. The van der Waals surface area contributed by atoms with Gasteiger partial charge in [-0.3, -0.25) is 4.79 Å². The van der Waals surface area contributed by atoms with Crippen LogP contribution in [0.4, 0.5) is 0 Å². The van der Waals surface area contributed by atoms with Crippen molar-refractivity contribution in [1.82, 2.24) is 0 Å². The van der Waals surface area contributed by atoms with Crippen LogP contribution < -0.4 is 0 Å². The van der Waals surface area contributed by atoms with E-state index in [0.29, 0.717) is 29.8 Å². The molecule has 1 aliphatic heterocycles. The maximum absolute atomic E-state index is 14.2. The molecule has 35 heavy (non-hydrogen) atoms. The van der Waals surface area contributed by atoms with Crippen LogP contribution in [-0.4, -0.2) is 37.9 Å². The van der Waals surface area contributed by atoms with Crippen LogP contribution in [0, 0.1) is 17.8 Å². The Morgan fingerprint density at radius 2 is 1.66 bits per heavy atom. The summed E-state index contributed by atoms with van der Waals surface area (Å²) in [6.45, 7) is 3.57. The quantitative estimate of drug-likeness (QED) is 0.421. The number of Topliss-reactive ketones (excluding diaryl/α,β-unsaturated/α-hetero) is 1. The predicted octanol–water partition coefficient (Wildman–Crippen LogP) is 6.61. The third-order valence-electron chi connectivity index (χ3n) is 8.33. The highest BCUT2D eigenvalue weighted by molar-refractivity contribution is 7.17. The van der Waals surface area contributed by atoms with Crippen molar-refractivity contribution < 1.29 is 23.8 Å². The summed E-state index contributed by atoms with van der Waals surface area (Å²) in [5, 5.41) is 0. The maximum atomic E-state index is 14.2. The summed E-state index contributed by atoms with van der Waals surface area (Å²) in [5.41, 5.74) is 1.92. The van der Waals surface area contributed by atoms with Crippen LogP contribution in [0.5, 0.6) is 0 Å². The Bertz CT molecular complexity index is 1020. The molecule has 2 saturated carbocycles. The van der Waals surface area contributed by atoms with Crippen molar-refractivity contribution in [2.24, 2.45) is 17.8 Å². The fraction of sp³-hybridized carbons (Fsp3) is 0.586. The van der Waals surface area contributed by atoms with Gasteiger partial charge in [-0.05, 0) is 54.7 Å². The topological polar surface area (TPSA) is 61.8 Å². The SMILES string of the molecule is COC(=O)c1sc(-c2ccccc2)cc1C(C(=O)C1CCC(C)CC1)C1CCC2(CC1)OCCO2.